The fraction of sp³-hybridized carbons (Fsp3) is 0.870. The molecule has 352 valence electrons. The molecule has 0 aliphatic heterocycles. The summed E-state index contributed by atoms with van der Waals surface area (Å²) in [4.78, 5) is 38.0. The Morgan fingerprint density at radius 2 is 0.550 bits per heavy atom. The highest BCUT2D eigenvalue weighted by molar-refractivity contribution is 5.71. The smallest absolute Gasteiger partial charge is 0.306 e. The summed E-state index contributed by atoms with van der Waals surface area (Å²) in [6.07, 6.45) is 55.8. The highest BCUT2D eigenvalue weighted by Crippen LogP contribution is 2.16. The molecule has 0 N–H and O–H groups in total. The zero-order valence-electron chi connectivity index (χ0n) is 40.2. The van der Waals surface area contributed by atoms with Gasteiger partial charge in [0.15, 0.2) is 6.10 Å². The number of esters is 3. The predicted molar refractivity (Wildman–Crippen MR) is 256 cm³/mol. The third kappa shape index (κ3) is 46.9. The van der Waals surface area contributed by atoms with E-state index in [0.29, 0.717) is 19.3 Å². The Morgan fingerprint density at radius 1 is 0.317 bits per heavy atom. The van der Waals surface area contributed by atoms with Crippen molar-refractivity contribution < 1.29 is 28.6 Å². The number of hydrogen-bond acceptors (Lipinski definition) is 6. The maximum Gasteiger partial charge on any atom is 0.306 e. The lowest BCUT2D eigenvalue weighted by molar-refractivity contribution is -0.167. The van der Waals surface area contributed by atoms with Gasteiger partial charge in [-0.25, -0.2) is 0 Å². The summed E-state index contributed by atoms with van der Waals surface area (Å²) in [7, 11) is 0. The number of carbonyl (C=O) groups excluding carboxylic acids is 3. The third-order valence-corrected chi connectivity index (χ3v) is 11.7. The van der Waals surface area contributed by atoms with E-state index in [1.807, 2.05) is 0 Å². The average molecular weight is 845 g/mol. The van der Waals surface area contributed by atoms with Crippen molar-refractivity contribution in [3.05, 3.63) is 24.3 Å². The Bertz CT molecular complexity index is 973. The molecular formula is C54H100O6. The number of hydrogen-bond donors (Lipinski definition) is 0. The zero-order valence-corrected chi connectivity index (χ0v) is 40.2. The van der Waals surface area contributed by atoms with E-state index in [4.69, 9.17) is 14.2 Å². The Hall–Kier alpha value is -2.11. The number of unbranched alkanes of at least 4 members (excludes halogenated alkanes) is 33. The monoisotopic (exact) mass is 845 g/mol. The van der Waals surface area contributed by atoms with E-state index >= 15 is 0 Å². The number of allylic oxidation sites excluding steroid dienone is 4. The van der Waals surface area contributed by atoms with Crippen molar-refractivity contribution >= 4 is 17.9 Å². The summed E-state index contributed by atoms with van der Waals surface area (Å²) in [6.45, 7) is 6.63. The van der Waals surface area contributed by atoms with Crippen LogP contribution in [0.15, 0.2) is 24.3 Å². The summed E-state index contributed by atoms with van der Waals surface area (Å²) < 4.78 is 16.8. The molecule has 0 saturated heterocycles. The van der Waals surface area contributed by atoms with Crippen LogP contribution in [-0.2, 0) is 28.6 Å². The van der Waals surface area contributed by atoms with Gasteiger partial charge in [-0.2, -0.15) is 0 Å². The highest BCUT2D eigenvalue weighted by Gasteiger charge is 2.19. The second-order valence-corrected chi connectivity index (χ2v) is 17.8. The van der Waals surface area contributed by atoms with Crippen LogP contribution in [0.2, 0.25) is 0 Å². The predicted octanol–water partition coefficient (Wildman–Crippen LogP) is 17.2. The van der Waals surface area contributed by atoms with Crippen molar-refractivity contribution in [3.8, 4) is 0 Å². The first-order valence-electron chi connectivity index (χ1n) is 26.3. The molecule has 60 heavy (non-hydrogen) atoms. The van der Waals surface area contributed by atoms with Gasteiger partial charge in [0.25, 0.3) is 0 Å². The fourth-order valence-electron chi connectivity index (χ4n) is 7.67. The first kappa shape index (κ1) is 57.9. The molecule has 0 aliphatic rings. The van der Waals surface area contributed by atoms with Crippen LogP contribution in [0.4, 0.5) is 0 Å². The maximum absolute atomic E-state index is 12.8. The van der Waals surface area contributed by atoms with Crippen LogP contribution in [0.3, 0.4) is 0 Å². The van der Waals surface area contributed by atoms with Gasteiger partial charge in [-0.1, -0.05) is 218 Å². The average Bonchev–Trinajstić information content (AvgIpc) is 3.24. The van der Waals surface area contributed by atoms with Gasteiger partial charge >= 0.3 is 17.9 Å². The van der Waals surface area contributed by atoms with Crippen LogP contribution in [0.1, 0.15) is 284 Å². The van der Waals surface area contributed by atoms with E-state index in [1.54, 1.807) is 0 Å². The van der Waals surface area contributed by atoms with Crippen LogP contribution in [-0.4, -0.2) is 37.2 Å². The quantitative estimate of drug-likeness (QED) is 0.0263. The number of rotatable bonds is 48. The molecule has 1 atom stereocenters. The van der Waals surface area contributed by atoms with E-state index in [1.165, 1.54) is 173 Å². The summed E-state index contributed by atoms with van der Waals surface area (Å²) in [5.41, 5.74) is 0. The number of ether oxygens (including phenoxy) is 3. The standard InChI is InChI=1S/C54H100O6/c1-4-7-10-13-16-19-22-25-27-30-32-35-38-41-44-47-53(56)59-50-51(49-58-52(55)46-43-40-37-34-31-28-24-21-18-15-12-9-6-3)60-54(57)48-45-42-39-36-33-29-26-23-20-17-14-11-8-5-2/h21,23-24,26,51H,4-20,22,25,27-50H2,1-3H3/b24-21-,26-23-/t51-/m1/s1. The summed E-state index contributed by atoms with van der Waals surface area (Å²) >= 11 is 0. The normalized spacial score (nSPS) is 12.1. The van der Waals surface area contributed by atoms with Crippen LogP contribution in [0.25, 0.3) is 0 Å². The minimum absolute atomic E-state index is 0.0734. The summed E-state index contributed by atoms with van der Waals surface area (Å²) in [5, 5.41) is 0. The van der Waals surface area contributed by atoms with Gasteiger partial charge in [-0.15, -0.1) is 0 Å². The zero-order chi connectivity index (χ0) is 43.7. The molecule has 0 rings (SSSR count). The van der Waals surface area contributed by atoms with E-state index in [0.717, 1.165) is 70.6 Å². The van der Waals surface area contributed by atoms with Crippen molar-refractivity contribution in [3.63, 3.8) is 0 Å². The van der Waals surface area contributed by atoms with Crippen LogP contribution in [0, 0.1) is 0 Å². The summed E-state index contributed by atoms with van der Waals surface area (Å²) in [5.74, 6) is -0.878. The number of carbonyl (C=O) groups is 3. The molecule has 6 heteroatoms. The van der Waals surface area contributed by atoms with Crippen LogP contribution in [0.5, 0.6) is 0 Å². The molecule has 0 aromatic heterocycles. The molecule has 0 aliphatic carbocycles. The molecule has 0 radical (unpaired) electrons. The van der Waals surface area contributed by atoms with Gasteiger partial charge < -0.3 is 14.2 Å². The van der Waals surface area contributed by atoms with Gasteiger partial charge in [0.1, 0.15) is 13.2 Å². The Kier molecular flexibility index (Phi) is 47.8. The van der Waals surface area contributed by atoms with Gasteiger partial charge in [-0.3, -0.25) is 14.4 Å². The molecule has 0 spiro atoms. The molecule has 0 bridgehead atoms. The lowest BCUT2D eigenvalue weighted by Crippen LogP contribution is -2.30. The molecule has 0 fully saturated rings. The van der Waals surface area contributed by atoms with Crippen LogP contribution >= 0.6 is 0 Å². The van der Waals surface area contributed by atoms with Crippen molar-refractivity contribution in [1.82, 2.24) is 0 Å². The molecular weight excluding hydrogens is 745 g/mol. The van der Waals surface area contributed by atoms with Gasteiger partial charge in [0.2, 0.25) is 0 Å². The van der Waals surface area contributed by atoms with E-state index in [9.17, 15) is 14.4 Å². The third-order valence-electron chi connectivity index (χ3n) is 11.7. The topological polar surface area (TPSA) is 78.9 Å². The molecule has 6 nitrogen and oxygen atoms in total. The minimum Gasteiger partial charge on any atom is -0.462 e. The fourth-order valence-corrected chi connectivity index (χ4v) is 7.67. The van der Waals surface area contributed by atoms with Crippen molar-refractivity contribution in [2.45, 2.75) is 290 Å². The van der Waals surface area contributed by atoms with Crippen LogP contribution < -0.4 is 0 Å². The lowest BCUT2D eigenvalue weighted by Gasteiger charge is -2.18. The molecule has 0 unspecified atom stereocenters. The Balaban J connectivity index is 4.36. The SMILES string of the molecule is CCCCCC/C=C\CCCCCCCC(=O)OC[C@H](COC(=O)CCCCCCCCCCCCCCCCC)OC(=O)CCCCCCC/C=C\CCCCCCC. The second-order valence-electron chi connectivity index (χ2n) is 17.8. The van der Waals surface area contributed by atoms with Gasteiger partial charge in [-0.05, 0) is 70.6 Å². The van der Waals surface area contributed by atoms with Gasteiger partial charge in [0.05, 0.1) is 0 Å². The molecule has 0 aromatic rings. The maximum atomic E-state index is 12.8. The highest BCUT2D eigenvalue weighted by atomic mass is 16.6. The van der Waals surface area contributed by atoms with E-state index in [2.05, 4.69) is 45.1 Å². The molecule has 0 aromatic carbocycles. The van der Waals surface area contributed by atoms with Crippen molar-refractivity contribution in [2.75, 3.05) is 13.2 Å². The Labute approximate surface area is 373 Å². The largest absolute Gasteiger partial charge is 0.462 e. The molecule has 0 amide bonds. The minimum atomic E-state index is -0.774. The van der Waals surface area contributed by atoms with Crippen molar-refractivity contribution in [1.29, 1.82) is 0 Å². The second kappa shape index (κ2) is 49.5. The first-order chi connectivity index (χ1) is 29.5. The molecule has 0 heterocycles. The van der Waals surface area contributed by atoms with E-state index in [-0.39, 0.29) is 31.1 Å². The Morgan fingerprint density at radius 3 is 0.850 bits per heavy atom. The summed E-state index contributed by atoms with van der Waals surface area (Å²) in [6, 6.07) is 0. The molecule has 0 saturated carbocycles. The first-order valence-corrected chi connectivity index (χ1v) is 26.3. The van der Waals surface area contributed by atoms with Crippen molar-refractivity contribution in [2.24, 2.45) is 0 Å². The van der Waals surface area contributed by atoms with Gasteiger partial charge in [0, 0.05) is 19.3 Å². The lowest BCUT2D eigenvalue weighted by atomic mass is 10.0. The van der Waals surface area contributed by atoms with E-state index < -0.39 is 6.10 Å².